The Kier molecular flexibility index (Phi) is 5.17. The average Bonchev–Trinajstić information content (AvgIpc) is 2.77. The maximum absolute atomic E-state index is 11.9. The molecule has 104 valence electrons. The van der Waals surface area contributed by atoms with E-state index in [1.54, 1.807) is 25.8 Å². The highest BCUT2D eigenvalue weighted by Gasteiger charge is 2.31. The van der Waals surface area contributed by atoms with Crippen LogP contribution in [0.4, 0.5) is 0 Å². The van der Waals surface area contributed by atoms with Gasteiger partial charge in [-0.25, -0.2) is 0 Å². The van der Waals surface area contributed by atoms with Gasteiger partial charge in [-0.2, -0.15) is 0 Å². The van der Waals surface area contributed by atoms with Crippen molar-refractivity contribution in [3.05, 3.63) is 0 Å². The van der Waals surface area contributed by atoms with Gasteiger partial charge < -0.3 is 10.0 Å². The Morgan fingerprint density at radius 3 is 2.33 bits per heavy atom. The van der Waals surface area contributed by atoms with Gasteiger partial charge in [-0.15, -0.1) is 0 Å². The predicted octanol–water partition coefficient (Wildman–Crippen LogP) is 2.53. The summed E-state index contributed by atoms with van der Waals surface area (Å²) in [7, 11) is 1.77. The Morgan fingerprint density at radius 1 is 1.28 bits per heavy atom. The number of rotatable bonds is 6. The molecule has 1 aliphatic rings. The number of nitrogens with zero attached hydrogens (tertiary/aromatic N) is 1. The Bertz CT molecular complexity index is 306. The molecule has 4 heteroatoms. The van der Waals surface area contributed by atoms with Crippen molar-refractivity contribution in [2.24, 2.45) is 11.3 Å². The smallest absolute Gasteiger partial charge is 0.309 e. The molecule has 0 heterocycles. The van der Waals surface area contributed by atoms with E-state index in [0.29, 0.717) is 0 Å². The molecule has 0 aliphatic heterocycles. The molecule has 18 heavy (non-hydrogen) atoms. The van der Waals surface area contributed by atoms with E-state index in [4.69, 9.17) is 5.11 Å². The SMILES string of the molecule is CN(CCC1CCCC1)C(=O)CC(C)(C)C(=O)O. The highest BCUT2D eigenvalue weighted by molar-refractivity contribution is 5.84. The number of aliphatic carboxylic acids is 1. The average molecular weight is 255 g/mol. The van der Waals surface area contributed by atoms with Crippen molar-refractivity contribution in [1.82, 2.24) is 4.90 Å². The lowest BCUT2D eigenvalue weighted by atomic mass is 9.89. The molecule has 0 aromatic heterocycles. The third kappa shape index (κ3) is 4.31. The van der Waals surface area contributed by atoms with Crippen LogP contribution in [0.2, 0.25) is 0 Å². The van der Waals surface area contributed by atoms with Gasteiger partial charge in [-0.1, -0.05) is 25.7 Å². The van der Waals surface area contributed by atoms with Crippen molar-refractivity contribution >= 4 is 11.9 Å². The normalized spacial score (nSPS) is 16.8. The Hall–Kier alpha value is -1.06. The highest BCUT2D eigenvalue weighted by Crippen LogP contribution is 2.28. The standard InChI is InChI=1S/C14H25NO3/c1-14(2,13(17)18)10-12(16)15(3)9-8-11-6-4-5-7-11/h11H,4-10H2,1-3H3,(H,17,18). The lowest BCUT2D eigenvalue weighted by Crippen LogP contribution is -2.35. The summed E-state index contributed by atoms with van der Waals surface area (Å²) in [5.74, 6) is -0.229. The lowest BCUT2D eigenvalue weighted by molar-refractivity contribution is -0.151. The zero-order valence-corrected chi connectivity index (χ0v) is 11.7. The number of hydrogen-bond donors (Lipinski definition) is 1. The van der Waals surface area contributed by atoms with E-state index in [-0.39, 0.29) is 12.3 Å². The summed E-state index contributed by atoms with van der Waals surface area (Å²) in [6.45, 7) is 3.94. The molecule has 1 fully saturated rings. The van der Waals surface area contributed by atoms with Gasteiger partial charge in [-0.05, 0) is 26.2 Å². The van der Waals surface area contributed by atoms with Gasteiger partial charge in [0.05, 0.1) is 5.41 Å². The quantitative estimate of drug-likeness (QED) is 0.793. The predicted molar refractivity (Wildman–Crippen MR) is 70.2 cm³/mol. The molecule has 0 radical (unpaired) electrons. The summed E-state index contributed by atoms with van der Waals surface area (Å²) in [5, 5.41) is 9.00. The van der Waals surface area contributed by atoms with Crippen molar-refractivity contribution in [2.75, 3.05) is 13.6 Å². The van der Waals surface area contributed by atoms with E-state index in [0.717, 1.165) is 18.9 Å². The van der Waals surface area contributed by atoms with Crippen molar-refractivity contribution in [3.63, 3.8) is 0 Å². The van der Waals surface area contributed by atoms with Crippen LogP contribution in [-0.4, -0.2) is 35.5 Å². The van der Waals surface area contributed by atoms with Crippen LogP contribution in [0.25, 0.3) is 0 Å². The van der Waals surface area contributed by atoms with Crippen LogP contribution in [0, 0.1) is 11.3 Å². The zero-order chi connectivity index (χ0) is 13.8. The zero-order valence-electron chi connectivity index (χ0n) is 11.7. The fraction of sp³-hybridized carbons (Fsp3) is 0.857. The van der Waals surface area contributed by atoms with Crippen LogP contribution < -0.4 is 0 Å². The van der Waals surface area contributed by atoms with Gasteiger partial charge in [-0.3, -0.25) is 9.59 Å². The Morgan fingerprint density at radius 2 is 1.83 bits per heavy atom. The monoisotopic (exact) mass is 255 g/mol. The highest BCUT2D eigenvalue weighted by atomic mass is 16.4. The molecule has 0 spiro atoms. The van der Waals surface area contributed by atoms with Gasteiger partial charge >= 0.3 is 5.97 Å². The van der Waals surface area contributed by atoms with E-state index in [9.17, 15) is 9.59 Å². The van der Waals surface area contributed by atoms with Gasteiger partial charge in [0.25, 0.3) is 0 Å². The summed E-state index contributed by atoms with van der Waals surface area (Å²) in [5.41, 5.74) is -0.974. The maximum atomic E-state index is 11.9. The molecule has 0 bridgehead atoms. The van der Waals surface area contributed by atoms with Crippen molar-refractivity contribution in [1.29, 1.82) is 0 Å². The van der Waals surface area contributed by atoms with Crippen LogP contribution in [0.5, 0.6) is 0 Å². The second-order valence-corrected chi connectivity index (χ2v) is 6.12. The van der Waals surface area contributed by atoms with Crippen LogP contribution in [0.1, 0.15) is 52.4 Å². The summed E-state index contributed by atoms with van der Waals surface area (Å²) in [6.07, 6.45) is 6.31. The molecule has 1 amide bonds. The second kappa shape index (κ2) is 6.21. The van der Waals surface area contributed by atoms with E-state index >= 15 is 0 Å². The minimum Gasteiger partial charge on any atom is -0.481 e. The maximum Gasteiger partial charge on any atom is 0.309 e. The first-order chi connectivity index (χ1) is 8.33. The second-order valence-electron chi connectivity index (χ2n) is 6.12. The molecule has 1 rings (SSSR count). The number of hydrogen-bond acceptors (Lipinski definition) is 2. The van der Waals surface area contributed by atoms with Crippen LogP contribution >= 0.6 is 0 Å². The fourth-order valence-corrected chi connectivity index (χ4v) is 2.39. The molecule has 1 aliphatic carbocycles. The minimum absolute atomic E-state index is 0.0691. The number of carbonyl (C=O) groups is 2. The number of carboxylic acid groups (broad SMARTS) is 1. The van der Waals surface area contributed by atoms with Crippen LogP contribution in [0.15, 0.2) is 0 Å². The van der Waals surface area contributed by atoms with Gasteiger partial charge in [0.15, 0.2) is 0 Å². The van der Waals surface area contributed by atoms with Gasteiger partial charge in [0.1, 0.15) is 0 Å². The lowest BCUT2D eigenvalue weighted by Gasteiger charge is -2.24. The Labute approximate surface area is 109 Å². The van der Waals surface area contributed by atoms with E-state index < -0.39 is 11.4 Å². The Balaban J connectivity index is 2.34. The molecule has 1 N–H and O–H groups in total. The van der Waals surface area contributed by atoms with Crippen LogP contribution in [0.3, 0.4) is 0 Å². The molecule has 0 unspecified atom stereocenters. The third-order valence-electron chi connectivity index (χ3n) is 3.95. The summed E-state index contributed by atoms with van der Waals surface area (Å²) < 4.78 is 0. The number of carbonyl (C=O) groups excluding carboxylic acids is 1. The molecular weight excluding hydrogens is 230 g/mol. The minimum atomic E-state index is -0.974. The first-order valence-corrected chi connectivity index (χ1v) is 6.80. The first kappa shape index (κ1) is 15.0. The van der Waals surface area contributed by atoms with E-state index in [2.05, 4.69) is 0 Å². The van der Waals surface area contributed by atoms with Crippen LogP contribution in [-0.2, 0) is 9.59 Å². The van der Waals surface area contributed by atoms with Crippen molar-refractivity contribution in [2.45, 2.75) is 52.4 Å². The summed E-state index contributed by atoms with van der Waals surface area (Å²) >= 11 is 0. The van der Waals surface area contributed by atoms with Gasteiger partial charge in [0.2, 0.25) is 5.91 Å². The van der Waals surface area contributed by atoms with E-state index in [1.807, 2.05) is 0 Å². The molecular formula is C14H25NO3. The van der Waals surface area contributed by atoms with Crippen molar-refractivity contribution < 1.29 is 14.7 Å². The molecule has 0 aromatic rings. The third-order valence-corrected chi connectivity index (χ3v) is 3.95. The first-order valence-electron chi connectivity index (χ1n) is 6.80. The number of carboxylic acids is 1. The fourth-order valence-electron chi connectivity index (χ4n) is 2.39. The molecule has 0 aromatic carbocycles. The van der Waals surface area contributed by atoms with Gasteiger partial charge in [0, 0.05) is 20.0 Å². The largest absolute Gasteiger partial charge is 0.481 e. The topological polar surface area (TPSA) is 57.6 Å². The number of amides is 1. The van der Waals surface area contributed by atoms with Crippen molar-refractivity contribution in [3.8, 4) is 0 Å². The summed E-state index contributed by atoms with van der Waals surface area (Å²) in [4.78, 5) is 24.6. The molecule has 1 saturated carbocycles. The van der Waals surface area contributed by atoms with E-state index in [1.165, 1.54) is 25.7 Å². The molecule has 4 nitrogen and oxygen atoms in total. The molecule has 0 saturated heterocycles. The molecule has 0 atom stereocenters. The summed E-state index contributed by atoms with van der Waals surface area (Å²) in [6, 6.07) is 0.